The molecule has 1 amide bonds. The minimum Gasteiger partial charge on any atom is -0.325 e. The zero-order valence-electron chi connectivity index (χ0n) is 8.19. The Labute approximate surface area is 86.2 Å². The largest absolute Gasteiger partial charge is 0.325 e. The van der Waals surface area contributed by atoms with Crippen molar-refractivity contribution in [1.29, 1.82) is 0 Å². The Balaban J connectivity index is 2.93. The first-order valence-electron chi connectivity index (χ1n) is 4.29. The van der Waals surface area contributed by atoms with Crippen molar-refractivity contribution in [3.63, 3.8) is 0 Å². The van der Waals surface area contributed by atoms with Crippen molar-refractivity contribution >= 4 is 17.3 Å². The van der Waals surface area contributed by atoms with E-state index in [0.29, 0.717) is 11.3 Å². The van der Waals surface area contributed by atoms with Crippen LogP contribution < -0.4 is 11.1 Å². The molecule has 80 valence electrons. The van der Waals surface area contributed by atoms with Crippen LogP contribution in [0.5, 0.6) is 0 Å². The van der Waals surface area contributed by atoms with E-state index in [0.717, 1.165) is 0 Å². The number of nitro benzene ring substituents is 1. The van der Waals surface area contributed by atoms with Gasteiger partial charge in [0, 0.05) is 17.8 Å². The molecule has 0 unspecified atom stereocenters. The fourth-order valence-corrected chi connectivity index (χ4v) is 1.10. The van der Waals surface area contributed by atoms with E-state index in [9.17, 15) is 14.9 Å². The summed E-state index contributed by atoms with van der Waals surface area (Å²) in [5.41, 5.74) is 6.29. The number of non-ortho nitro benzene ring substituents is 1. The van der Waals surface area contributed by atoms with Crippen molar-refractivity contribution in [1.82, 2.24) is 0 Å². The number of hydrogen-bond donors (Lipinski definition) is 2. The maximum atomic E-state index is 11.0. The van der Waals surface area contributed by atoms with Crippen molar-refractivity contribution in [3.8, 4) is 0 Å². The highest BCUT2D eigenvalue weighted by atomic mass is 16.6. The van der Waals surface area contributed by atoms with Crippen LogP contribution in [0.3, 0.4) is 0 Å². The normalized spacial score (nSPS) is 9.73. The molecule has 0 heterocycles. The predicted molar refractivity (Wildman–Crippen MR) is 55.5 cm³/mol. The number of benzene rings is 1. The molecule has 0 saturated carbocycles. The van der Waals surface area contributed by atoms with Crippen LogP contribution in [0.15, 0.2) is 18.2 Å². The van der Waals surface area contributed by atoms with E-state index in [1.54, 1.807) is 6.92 Å². The standard InChI is InChI=1S/C9H11N3O3/c1-6-4-7(12(14)15)2-3-8(6)11-9(13)5-10/h2-4H,5,10H2,1H3,(H,11,13). The number of anilines is 1. The molecular weight excluding hydrogens is 198 g/mol. The molecule has 6 nitrogen and oxygen atoms in total. The molecule has 0 atom stereocenters. The summed E-state index contributed by atoms with van der Waals surface area (Å²) < 4.78 is 0. The molecule has 1 aromatic rings. The molecule has 0 aliphatic carbocycles. The Morgan fingerprint density at radius 3 is 2.73 bits per heavy atom. The Morgan fingerprint density at radius 1 is 1.60 bits per heavy atom. The van der Waals surface area contributed by atoms with Crippen LogP contribution in [0.1, 0.15) is 5.56 Å². The van der Waals surface area contributed by atoms with Crippen molar-refractivity contribution in [2.45, 2.75) is 6.92 Å². The topological polar surface area (TPSA) is 98.3 Å². The second-order valence-electron chi connectivity index (χ2n) is 3.01. The Bertz CT molecular complexity index is 404. The molecule has 15 heavy (non-hydrogen) atoms. The average molecular weight is 209 g/mol. The first kappa shape index (κ1) is 11.1. The minimum atomic E-state index is -0.485. The number of rotatable bonds is 3. The van der Waals surface area contributed by atoms with Crippen LogP contribution in [-0.4, -0.2) is 17.4 Å². The number of nitrogens with two attached hydrogens (primary N) is 1. The summed E-state index contributed by atoms with van der Waals surface area (Å²) in [5, 5.41) is 13.0. The first-order valence-corrected chi connectivity index (χ1v) is 4.29. The van der Waals surface area contributed by atoms with E-state index in [4.69, 9.17) is 5.73 Å². The van der Waals surface area contributed by atoms with Crippen LogP contribution in [0.2, 0.25) is 0 Å². The molecular formula is C9H11N3O3. The molecule has 0 aliphatic rings. The van der Waals surface area contributed by atoms with Gasteiger partial charge >= 0.3 is 0 Å². The lowest BCUT2D eigenvalue weighted by Crippen LogP contribution is -2.22. The summed E-state index contributed by atoms with van der Waals surface area (Å²) >= 11 is 0. The van der Waals surface area contributed by atoms with Gasteiger partial charge in [-0.15, -0.1) is 0 Å². The summed E-state index contributed by atoms with van der Waals surface area (Å²) in [5.74, 6) is -0.327. The van der Waals surface area contributed by atoms with Gasteiger partial charge in [0.2, 0.25) is 5.91 Å². The lowest BCUT2D eigenvalue weighted by Gasteiger charge is -2.06. The molecule has 0 bridgehead atoms. The summed E-state index contributed by atoms with van der Waals surface area (Å²) in [6, 6.07) is 4.21. The van der Waals surface area contributed by atoms with Gasteiger partial charge in [-0.3, -0.25) is 14.9 Å². The number of amides is 1. The molecule has 6 heteroatoms. The molecule has 0 radical (unpaired) electrons. The summed E-state index contributed by atoms with van der Waals surface area (Å²) in [6.07, 6.45) is 0. The first-order chi connectivity index (χ1) is 7.04. The number of nitro groups is 1. The van der Waals surface area contributed by atoms with Crippen molar-refractivity contribution in [2.24, 2.45) is 5.73 Å². The van der Waals surface area contributed by atoms with Gasteiger partial charge in [0.1, 0.15) is 0 Å². The highest BCUT2D eigenvalue weighted by Gasteiger charge is 2.09. The van der Waals surface area contributed by atoms with Gasteiger partial charge < -0.3 is 11.1 Å². The monoisotopic (exact) mass is 209 g/mol. The van der Waals surface area contributed by atoms with Gasteiger partial charge in [0.25, 0.3) is 5.69 Å². The summed E-state index contributed by atoms with van der Waals surface area (Å²) in [6.45, 7) is 1.57. The number of carbonyl (C=O) groups is 1. The second-order valence-corrected chi connectivity index (χ2v) is 3.01. The van der Waals surface area contributed by atoms with E-state index >= 15 is 0 Å². The molecule has 3 N–H and O–H groups in total. The lowest BCUT2D eigenvalue weighted by molar-refractivity contribution is -0.384. The fourth-order valence-electron chi connectivity index (χ4n) is 1.10. The average Bonchev–Trinajstić information content (AvgIpc) is 2.20. The molecule has 0 spiro atoms. The highest BCUT2D eigenvalue weighted by Crippen LogP contribution is 2.20. The maximum Gasteiger partial charge on any atom is 0.269 e. The van der Waals surface area contributed by atoms with Gasteiger partial charge in [-0.05, 0) is 18.6 Å². The van der Waals surface area contributed by atoms with Crippen LogP contribution in [0.25, 0.3) is 0 Å². The van der Waals surface area contributed by atoms with Gasteiger partial charge in [-0.1, -0.05) is 0 Å². The highest BCUT2D eigenvalue weighted by molar-refractivity contribution is 5.92. The van der Waals surface area contributed by atoms with Crippen LogP contribution in [-0.2, 0) is 4.79 Å². The van der Waals surface area contributed by atoms with E-state index in [-0.39, 0.29) is 18.1 Å². The van der Waals surface area contributed by atoms with Crippen molar-refractivity contribution in [2.75, 3.05) is 11.9 Å². The van der Waals surface area contributed by atoms with Crippen LogP contribution in [0.4, 0.5) is 11.4 Å². The van der Waals surface area contributed by atoms with Gasteiger partial charge in [0.05, 0.1) is 11.5 Å². The minimum absolute atomic E-state index is 0.00162. The van der Waals surface area contributed by atoms with Crippen molar-refractivity contribution in [3.05, 3.63) is 33.9 Å². The lowest BCUT2D eigenvalue weighted by atomic mass is 10.2. The van der Waals surface area contributed by atoms with E-state index in [1.807, 2.05) is 0 Å². The van der Waals surface area contributed by atoms with Crippen LogP contribution >= 0.6 is 0 Å². The fraction of sp³-hybridized carbons (Fsp3) is 0.222. The molecule has 0 fully saturated rings. The number of nitrogens with one attached hydrogen (secondary N) is 1. The number of aryl methyl sites for hydroxylation is 1. The Kier molecular flexibility index (Phi) is 3.35. The Morgan fingerprint density at radius 2 is 2.27 bits per heavy atom. The molecule has 0 aromatic heterocycles. The second kappa shape index (κ2) is 4.52. The predicted octanol–water partition coefficient (Wildman–Crippen LogP) is 0.800. The Hall–Kier alpha value is -1.95. The van der Waals surface area contributed by atoms with Gasteiger partial charge in [-0.25, -0.2) is 0 Å². The number of carbonyl (C=O) groups excluding carboxylic acids is 1. The number of nitrogens with zero attached hydrogens (tertiary/aromatic N) is 1. The van der Waals surface area contributed by atoms with Crippen LogP contribution in [0, 0.1) is 17.0 Å². The third kappa shape index (κ3) is 2.75. The molecule has 0 saturated heterocycles. The van der Waals surface area contributed by atoms with E-state index in [2.05, 4.69) is 5.32 Å². The smallest absolute Gasteiger partial charge is 0.269 e. The number of hydrogen-bond acceptors (Lipinski definition) is 4. The van der Waals surface area contributed by atoms with Gasteiger partial charge in [0.15, 0.2) is 0 Å². The quantitative estimate of drug-likeness (QED) is 0.568. The van der Waals surface area contributed by atoms with E-state index in [1.165, 1.54) is 18.2 Å². The molecule has 1 rings (SSSR count). The molecule has 0 aliphatic heterocycles. The zero-order valence-corrected chi connectivity index (χ0v) is 8.19. The van der Waals surface area contributed by atoms with Gasteiger partial charge in [-0.2, -0.15) is 0 Å². The van der Waals surface area contributed by atoms with Crippen molar-refractivity contribution < 1.29 is 9.72 Å². The SMILES string of the molecule is Cc1cc([N+](=O)[O-])ccc1NC(=O)CN. The molecule has 1 aromatic carbocycles. The zero-order chi connectivity index (χ0) is 11.4. The van der Waals surface area contributed by atoms with E-state index < -0.39 is 4.92 Å². The maximum absolute atomic E-state index is 11.0. The third-order valence-corrected chi connectivity index (χ3v) is 1.88. The summed E-state index contributed by atoms with van der Waals surface area (Å²) in [7, 11) is 0. The third-order valence-electron chi connectivity index (χ3n) is 1.88. The summed E-state index contributed by atoms with van der Waals surface area (Å²) in [4.78, 5) is 20.9.